The molecule has 2 aromatic rings. The molecule has 0 saturated carbocycles. The van der Waals surface area contributed by atoms with Crippen molar-refractivity contribution in [3.63, 3.8) is 0 Å². The second-order valence-electron chi connectivity index (χ2n) is 7.46. The van der Waals surface area contributed by atoms with Crippen LogP contribution in [0.2, 0.25) is 0 Å². The summed E-state index contributed by atoms with van der Waals surface area (Å²) in [6.45, 7) is 1.15. The molecule has 140 valence electrons. The van der Waals surface area contributed by atoms with Crippen molar-refractivity contribution in [3.8, 4) is 0 Å². The third kappa shape index (κ3) is 3.68. The van der Waals surface area contributed by atoms with Gasteiger partial charge < -0.3 is 15.1 Å². The van der Waals surface area contributed by atoms with Gasteiger partial charge in [-0.05, 0) is 49.4 Å². The van der Waals surface area contributed by atoms with E-state index >= 15 is 0 Å². The zero-order valence-electron chi connectivity index (χ0n) is 15.6. The van der Waals surface area contributed by atoms with Gasteiger partial charge in [0.1, 0.15) is 0 Å². The molecule has 2 aliphatic rings. The van der Waals surface area contributed by atoms with Gasteiger partial charge in [-0.25, -0.2) is 0 Å². The van der Waals surface area contributed by atoms with E-state index in [0.717, 1.165) is 43.6 Å². The van der Waals surface area contributed by atoms with Crippen LogP contribution in [0, 0.1) is 0 Å². The minimum absolute atomic E-state index is 0.0449. The molecule has 1 fully saturated rings. The Balaban J connectivity index is 1.48. The Labute approximate surface area is 160 Å². The smallest absolute Gasteiger partial charge is 0.254 e. The second-order valence-corrected chi connectivity index (χ2v) is 7.46. The van der Waals surface area contributed by atoms with Gasteiger partial charge in [-0.3, -0.25) is 9.59 Å². The number of carbonyl (C=O) groups is 2. The molecular formula is C22H25N3O2. The summed E-state index contributed by atoms with van der Waals surface area (Å²) < 4.78 is 0. The first-order valence-electron chi connectivity index (χ1n) is 9.62. The highest BCUT2D eigenvalue weighted by atomic mass is 16.2. The first-order chi connectivity index (χ1) is 13.1. The lowest BCUT2D eigenvalue weighted by Crippen LogP contribution is -2.37. The van der Waals surface area contributed by atoms with Crippen LogP contribution in [0.25, 0.3) is 0 Å². The van der Waals surface area contributed by atoms with Gasteiger partial charge in [-0.15, -0.1) is 0 Å². The topological polar surface area (TPSA) is 52.7 Å². The number of hydrogen-bond acceptors (Lipinski definition) is 3. The number of nitrogens with zero attached hydrogens (tertiary/aromatic N) is 2. The largest absolute Gasteiger partial charge is 0.364 e. The number of aryl methyl sites for hydroxylation is 1. The van der Waals surface area contributed by atoms with Crippen molar-refractivity contribution < 1.29 is 9.59 Å². The minimum atomic E-state index is -0.0449. The monoisotopic (exact) mass is 363 g/mol. The fourth-order valence-corrected chi connectivity index (χ4v) is 4.14. The summed E-state index contributed by atoms with van der Waals surface area (Å²) in [5.41, 5.74) is 3.64. The fourth-order valence-electron chi connectivity index (χ4n) is 4.14. The predicted octanol–water partition coefficient (Wildman–Crippen LogP) is 3.31. The standard InChI is InChI=1S/C22H25N3O2/c1-24-15-21(26)23-19-14-17(10-12-20(19)24)22(27)25-13-5-8-18(25)11-9-16-6-3-2-4-7-16/h2-4,6-7,10,12,14,18H,5,8-9,11,13,15H2,1H3,(H,23,26). The molecule has 2 aliphatic heterocycles. The van der Waals surface area contributed by atoms with Crippen molar-refractivity contribution in [2.24, 2.45) is 0 Å². The lowest BCUT2D eigenvalue weighted by Gasteiger charge is -2.29. The summed E-state index contributed by atoms with van der Waals surface area (Å²) >= 11 is 0. The molecule has 1 atom stereocenters. The van der Waals surface area contributed by atoms with Crippen molar-refractivity contribution >= 4 is 23.2 Å². The van der Waals surface area contributed by atoms with E-state index in [1.165, 1.54) is 5.56 Å². The highest BCUT2D eigenvalue weighted by molar-refractivity contribution is 6.04. The summed E-state index contributed by atoms with van der Waals surface area (Å²) in [5.74, 6) is 0.0207. The average Bonchev–Trinajstić information content (AvgIpc) is 3.14. The third-order valence-corrected chi connectivity index (χ3v) is 5.56. The van der Waals surface area contributed by atoms with E-state index in [4.69, 9.17) is 0 Å². The SMILES string of the molecule is CN1CC(=O)Nc2cc(C(=O)N3CCCC3CCc3ccccc3)ccc21. The van der Waals surface area contributed by atoms with Crippen molar-refractivity contribution in [2.75, 3.05) is 30.4 Å². The molecule has 0 aromatic heterocycles. The van der Waals surface area contributed by atoms with Crippen LogP contribution in [0.4, 0.5) is 11.4 Å². The molecule has 0 bridgehead atoms. The Morgan fingerprint density at radius 3 is 2.81 bits per heavy atom. The van der Waals surface area contributed by atoms with Gasteiger partial charge in [-0.2, -0.15) is 0 Å². The van der Waals surface area contributed by atoms with Crippen LogP contribution in [0.5, 0.6) is 0 Å². The predicted molar refractivity (Wildman–Crippen MR) is 107 cm³/mol. The molecule has 0 spiro atoms. The van der Waals surface area contributed by atoms with Gasteiger partial charge in [0.15, 0.2) is 0 Å². The number of likely N-dealkylation sites (tertiary alicyclic amines) is 1. The number of carbonyl (C=O) groups excluding carboxylic acids is 2. The molecule has 1 unspecified atom stereocenters. The zero-order chi connectivity index (χ0) is 18.8. The summed E-state index contributed by atoms with van der Waals surface area (Å²) in [6, 6.07) is 16.3. The Kier molecular flexibility index (Phi) is 4.84. The van der Waals surface area contributed by atoms with Gasteiger partial charge in [0.25, 0.3) is 5.91 Å². The zero-order valence-corrected chi connectivity index (χ0v) is 15.6. The third-order valence-electron chi connectivity index (χ3n) is 5.56. The summed E-state index contributed by atoms with van der Waals surface area (Å²) in [7, 11) is 1.89. The van der Waals surface area contributed by atoms with E-state index in [1.807, 2.05) is 41.1 Å². The molecule has 0 aliphatic carbocycles. The molecule has 2 heterocycles. The lowest BCUT2D eigenvalue weighted by molar-refractivity contribution is -0.115. The van der Waals surface area contributed by atoms with Gasteiger partial charge in [0, 0.05) is 25.2 Å². The summed E-state index contributed by atoms with van der Waals surface area (Å²) in [5, 5.41) is 2.88. The summed E-state index contributed by atoms with van der Waals surface area (Å²) in [4.78, 5) is 28.8. The van der Waals surface area contributed by atoms with Crippen LogP contribution in [-0.2, 0) is 11.2 Å². The van der Waals surface area contributed by atoms with E-state index in [9.17, 15) is 9.59 Å². The minimum Gasteiger partial charge on any atom is -0.364 e. The first kappa shape index (κ1) is 17.6. The molecule has 4 rings (SSSR count). The molecule has 5 heteroatoms. The van der Waals surface area contributed by atoms with Crippen molar-refractivity contribution in [1.82, 2.24) is 4.90 Å². The Morgan fingerprint density at radius 1 is 1.19 bits per heavy atom. The molecule has 1 N–H and O–H groups in total. The Bertz CT molecular complexity index is 850. The highest BCUT2D eigenvalue weighted by Gasteiger charge is 2.30. The number of nitrogens with one attached hydrogen (secondary N) is 1. The number of rotatable bonds is 4. The number of fused-ring (bicyclic) bond motifs is 1. The highest BCUT2D eigenvalue weighted by Crippen LogP contribution is 2.31. The molecule has 27 heavy (non-hydrogen) atoms. The molecule has 2 aromatic carbocycles. The van der Waals surface area contributed by atoms with Crippen LogP contribution < -0.4 is 10.2 Å². The van der Waals surface area contributed by atoms with Crippen LogP contribution in [0.1, 0.15) is 35.2 Å². The maximum Gasteiger partial charge on any atom is 0.254 e. The number of anilines is 2. The maximum absolute atomic E-state index is 13.1. The van der Waals surface area contributed by atoms with E-state index < -0.39 is 0 Å². The van der Waals surface area contributed by atoms with E-state index in [-0.39, 0.29) is 17.9 Å². The number of amides is 2. The number of hydrogen-bond donors (Lipinski definition) is 1. The van der Waals surface area contributed by atoms with E-state index in [0.29, 0.717) is 12.1 Å². The van der Waals surface area contributed by atoms with Crippen LogP contribution >= 0.6 is 0 Å². The fraction of sp³-hybridized carbons (Fsp3) is 0.364. The van der Waals surface area contributed by atoms with Gasteiger partial charge in [0.2, 0.25) is 5.91 Å². The molecule has 2 amide bonds. The van der Waals surface area contributed by atoms with Crippen molar-refractivity contribution in [2.45, 2.75) is 31.7 Å². The van der Waals surface area contributed by atoms with Gasteiger partial charge in [0.05, 0.1) is 17.9 Å². The van der Waals surface area contributed by atoms with Crippen LogP contribution in [-0.4, -0.2) is 42.9 Å². The Hall–Kier alpha value is -2.82. The van der Waals surface area contributed by atoms with Crippen molar-refractivity contribution in [3.05, 3.63) is 59.7 Å². The molecule has 5 nitrogen and oxygen atoms in total. The Morgan fingerprint density at radius 2 is 2.00 bits per heavy atom. The normalized spacial score (nSPS) is 19.0. The average molecular weight is 363 g/mol. The van der Waals surface area contributed by atoms with Crippen LogP contribution in [0.15, 0.2) is 48.5 Å². The second kappa shape index (κ2) is 7.43. The molecule has 1 saturated heterocycles. The van der Waals surface area contributed by atoms with Gasteiger partial charge >= 0.3 is 0 Å². The van der Waals surface area contributed by atoms with Crippen LogP contribution in [0.3, 0.4) is 0 Å². The first-order valence-corrected chi connectivity index (χ1v) is 9.62. The molecule has 0 radical (unpaired) electrons. The van der Waals surface area contributed by atoms with Gasteiger partial charge in [-0.1, -0.05) is 30.3 Å². The number of benzene rings is 2. The van der Waals surface area contributed by atoms with E-state index in [2.05, 4.69) is 29.6 Å². The maximum atomic E-state index is 13.1. The molecular weight excluding hydrogens is 338 g/mol. The van der Waals surface area contributed by atoms with Crippen molar-refractivity contribution in [1.29, 1.82) is 0 Å². The van der Waals surface area contributed by atoms with E-state index in [1.54, 1.807) is 0 Å². The lowest BCUT2D eigenvalue weighted by atomic mass is 10.0. The quantitative estimate of drug-likeness (QED) is 0.907. The number of likely N-dealkylation sites (N-methyl/N-ethyl adjacent to an activating group) is 1. The summed E-state index contributed by atoms with van der Waals surface area (Å²) in [6.07, 6.45) is 4.08.